The van der Waals surface area contributed by atoms with Crippen molar-refractivity contribution >= 4 is 34.8 Å². The highest BCUT2D eigenvalue weighted by Gasteiger charge is 2.36. The minimum Gasteiger partial charge on any atom is -0.508 e. The van der Waals surface area contributed by atoms with Crippen LogP contribution in [0.2, 0.25) is 0 Å². The number of phenols is 1. The number of hydrogen-bond donors (Lipinski definition) is 1. The smallest absolute Gasteiger partial charge is 0.145 e. The second-order valence-corrected chi connectivity index (χ2v) is 6.62. The van der Waals surface area contributed by atoms with E-state index in [2.05, 4.69) is 0 Å². The highest BCUT2D eigenvalue weighted by molar-refractivity contribution is 6.18. The first kappa shape index (κ1) is 18.2. The van der Waals surface area contributed by atoms with Crippen LogP contribution in [0.3, 0.4) is 0 Å². The van der Waals surface area contributed by atoms with E-state index < -0.39 is 5.92 Å². The maximum atomic E-state index is 12.4. The number of Topliss-reactive ketones (excluding diaryl/α,β-unsaturated/α-hetero) is 2. The van der Waals surface area contributed by atoms with Crippen LogP contribution in [-0.2, 0) is 9.59 Å². The van der Waals surface area contributed by atoms with Crippen molar-refractivity contribution in [2.45, 2.75) is 18.8 Å². The Balaban J connectivity index is 2.03. The zero-order chi connectivity index (χ0) is 16.8. The molecule has 0 unspecified atom stereocenters. The SMILES string of the molecule is O=C1CC(c2ccc(O)cc2)CC(=O)C1CN(CCCl)CCCl. The number of ketones is 2. The average molecular weight is 358 g/mol. The molecule has 0 aliphatic heterocycles. The van der Waals surface area contributed by atoms with Gasteiger partial charge in [0, 0.05) is 44.2 Å². The van der Waals surface area contributed by atoms with Crippen LogP contribution in [0.5, 0.6) is 5.75 Å². The van der Waals surface area contributed by atoms with Gasteiger partial charge in [0.15, 0.2) is 0 Å². The van der Waals surface area contributed by atoms with Crippen molar-refractivity contribution in [2.75, 3.05) is 31.4 Å². The first-order valence-electron chi connectivity index (χ1n) is 7.73. The fourth-order valence-corrected chi connectivity index (χ4v) is 3.48. The van der Waals surface area contributed by atoms with Crippen molar-refractivity contribution < 1.29 is 14.7 Å². The zero-order valence-electron chi connectivity index (χ0n) is 12.9. The molecule has 0 radical (unpaired) electrons. The number of hydrogen-bond acceptors (Lipinski definition) is 4. The highest BCUT2D eigenvalue weighted by Crippen LogP contribution is 2.32. The summed E-state index contributed by atoms with van der Waals surface area (Å²) in [6.45, 7) is 1.64. The van der Waals surface area contributed by atoms with Gasteiger partial charge in [0.2, 0.25) is 0 Å². The molecule has 4 nitrogen and oxygen atoms in total. The number of nitrogens with zero attached hydrogens (tertiary/aromatic N) is 1. The van der Waals surface area contributed by atoms with Gasteiger partial charge < -0.3 is 5.11 Å². The topological polar surface area (TPSA) is 57.6 Å². The normalized spacial score (nSPS) is 21.9. The van der Waals surface area contributed by atoms with E-state index in [0.29, 0.717) is 44.2 Å². The quantitative estimate of drug-likeness (QED) is 0.602. The molecule has 6 heteroatoms. The van der Waals surface area contributed by atoms with Crippen molar-refractivity contribution in [3.8, 4) is 5.75 Å². The van der Waals surface area contributed by atoms with E-state index in [9.17, 15) is 14.7 Å². The Hall–Kier alpha value is -1.10. The van der Waals surface area contributed by atoms with Crippen LogP contribution in [0.4, 0.5) is 0 Å². The van der Waals surface area contributed by atoms with Crippen molar-refractivity contribution in [3.63, 3.8) is 0 Å². The van der Waals surface area contributed by atoms with E-state index in [-0.39, 0.29) is 23.2 Å². The minimum atomic E-state index is -0.574. The van der Waals surface area contributed by atoms with Gasteiger partial charge in [0.05, 0.1) is 5.92 Å². The van der Waals surface area contributed by atoms with Gasteiger partial charge in [-0.2, -0.15) is 0 Å². The minimum absolute atomic E-state index is 0.0199. The Labute approximate surface area is 146 Å². The van der Waals surface area contributed by atoms with Crippen LogP contribution in [0.15, 0.2) is 24.3 Å². The molecule has 1 fully saturated rings. The lowest BCUT2D eigenvalue weighted by atomic mass is 9.76. The number of carbonyl (C=O) groups is 2. The van der Waals surface area contributed by atoms with Crippen molar-refractivity contribution in [3.05, 3.63) is 29.8 Å². The largest absolute Gasteiger partial charge is 0.508 e. The Morgan fingerprint density at radius 3 is 2.00 bits per heavy atom. The van der Waals surface area contributed by atoms with Crippen molar-refractivity contribution in [1.82, 2.24) is 4.90 Å². The van der Waals surface area contributed by atoms with Crippen LogP contribution in [0.1, 0.15) is 24.3 Å². The Kier molecular flexibility index (Phi) is 6.88. The third-order valence-electron chi connectivity index (χ3n) is 4.28. The van der Waals surface area contributed by atoms with Gasteiger partial charge >= 0.3 is 0 Å². The molecule has 1 aromatic carbocycles. The van der Waals surface area contributed by atoms with Gasteiger partial charge in [-0.3, -0.25) is 14.5 Å². The number of benzene rings is 1. The Bertz CT molecular complexity index is 523. The van der Waals surface area contributed by atoms with E-state index in [4.69, 9.17) is 23.2 Å². The van der Waals surface area contributed by atoms with E-state index in [1.54, 1.807) is 24.3 Å². The first-order valence-corrected chi connectivity index (χ1v) is 8.80. The third kappa shape index (κ3) is 4.93. The molecule has 1 aliphatic carbocycles. The lowest BCUT2D eigenvalue weighted by Gasteiger charge is -2.30. The maximum Gasteiger partial charge on any atom is 0.145 e. The van der Waals surface area contributed by atoms with Crippen molar-refractivity contribution in [1.29, 1.82) is 0 Å². The second kappa shape index (κ2) is 8.67. The van der Waals surface area contributed by atoms with Crippen LogP contribution >= 0.6 is 23.2 Å². The summed E-state index contributed by atoms with van der Waals surface area (Å²) >= 11 is 11.5. The van der Waals surface area contributed by atoms with Gasteiger partial charge in [-0.15, -0.1) is 23.2 Å². The Morgan fingerprint density at radius 2 is 1.52 bits per heavy atom. The summed E-state index contributed by atoms with van der Waals surface area (Å²) in [5, 5.41) is 9.34. The van der Waals surface area contributed by atoms with Gasteiger partial charge in [0.25, 0.3) is 0 Å². The van der Waals surface area contributed by atoms with Gasteiger partial charge in [0.1, 0.15) is 17.3 Å². The van der Waals surface area contributed by atoms with Crippen LogP contribution < -0.4 is 0 Å². The highest BCUT2D eigenvalue weighted by atomic mass is 35.5. The average Bonchev–Trinajstić information content (AvgIpc) is 2.51. The molecule has 0 spiro atoms. The standard InChI is InChI=1S/C17H21Cl2NO3/c18-5-7-20(8-6-19)11-15-16(22)9-13(10-17(15)23)12-1-3-14(21)4-2-12/h1-4,13,15,21H,5-11H2. The predicted octanol–water partition coefficient (Wildman–Crippen LogP) is 2.80. The molecule has 0 atom stereocenters. The number of alkyl halides is 2. The van der Waals surface area contributed by atoms with Crippen LogP contribution in [-0.4, -0.2) is 53.0 Å². The third-order valence-corrected chi connectivity index (χ3v) is 4.62. The number of rotatable bonds is 7. The summed E-state index contributed by atoms with van der Waals surface area (Å²) in [5.41, 5.74) is 0.918. The van der Waals surface area contributed by atoms with Crippen LogP contribution in [0.25, 0.3) is 0 Å². The Morgan fingerprint density at radius 1 is 1.00 bits per heavy atom. The molecule has 0 amide bonds. The van der Waals surface area contributed by atoms with Crippen molar-refractivity contribution in [2.24, 2.45) is 5.92 Å². The molecule has 1 aliphatic rings. The number of aromatic hydroxyl groups is 1. The van der Waals surface area contributed by atoms with E-state index in [1.165, 1.54) is 0 Å². The fraction of sp³-hybridized carbons (Fsp3) is 0.529. The van der Waals surface area contributed by atoms with E-state index >= 15 is 0 Å². The summed E-state index contributed by atoms with van der Waals surface area (Å²) in [4.78, 5) is 26.8. The lowest BCUT2D eigenvalue weighted by molar-refractivity contribution is -0.137. The monoisotopic (exact) mass is 357 g/mol. The first-order chi connectivity index (χ1) is 11.0. The second-order valence-electron chi connectivity index (χ2n) is 5.86. The maximum absolute atomic E-state index is 12.4. The summed E-state index contributed by atoms with van der Waals surface area (Å²) in [6, 6.07) is 6.71. The zero-order valence-corrected chi connectivity index (χ0v) is 14.4. The van der Waals surface area contributed by atoms with Crippen LogP contribution in [0, 0.1) is 5.92 Å². The molecule has 0 saturated heterocycles. The molecular weight excluding hydrogens is 337 g/mol. The summed E-state index contributed by atoms with van der Waals surface area (Å²) in [5.74, 6) is 0.362. The molecule has 1 aromatic rings. The molecular formula is C17H21Cl2NO3. The van der Waals surface area contributed by atoms with E-state index in [0.717, 1.165) is 5.56 Å². The molecule has 2 rings (SSSR count). The number of phenolic OH excluding ortho intramolecular Hbond substituents is 1. The number of halogens is 2. The summed E-state index contributed by atoms with van der Waals surface area (Å²) in [7, 11) is 0. The fourth-order valence-electron chi connectivity index (χ4n) is 3.00. The number of carbonyl (C=O) groups excluding carboxylic acids is 2. The molecule has 0 bridgehead atoms. The molecule has 1 saturated carbocycles. The molecule has 0 aromatic heterocycles. The van der Waals surface area contributed by atoms with Gasteiger partial charge in [-0.05, 0) is 23.6 Å². The molecule has 126 valence electrons. The van der Waals surface area contributed by atoms with Gasteiger partial charge in [-0.1, -0.05) is 12.1 Å². The molecule has 23 heavy (non-hydrogen) atoms. The predicted molar refractivity (Wildman–Crippen MR) is 91.5 cm³/mol. The molecule has 0 heterocycles. The lowest BCUT2D eigenvalue weighted by Crippen LogP contribution is -2.42. The van der Waals surface area contributed by atoms with Gasteiger partial charge in [-0.25, -0.2) is 0 Å². The van der Waals surface area contributed by atoms with E-state index in [1.807, 2.05) is 4.90 Å². The summed E-state index contributed by atoms with van der Waals surface area (Å²) in [6.07, 6.45) is 0.716. The molecule has 1 N–H and O–H groups in total. The summed E-state index contributed by atoms with van der Waals surface area (Å²) < 4.78 is 0.